The van der Waals surface area contributed by atoms with Gasteiger partial charge in [-0.1, -0.05) is 23.7 Å². The summed E-state index contributed by atoms with van der Waals surface area (Å²) < 4.78 is 5.99. The van der Waals surface area contributed by atoms with Crippen LogP contribution in [-0.2, 0) is 0 Å². The zero-order valence-corrected chi connectivity index (χ0v) is 18.0. The molecule has 162 valence electrons. The molecule has 2 atom stereocenters. The van der Waals surface area contributed by atoms with Crippen molar-refractivity contribution < 1.29 is 9.21 Å². The second-order valence-corrected chi connectivity index (χ2v) is 8.96. The van der Waals surface area contributed by atoms with Crippen molar-refractivity contribution in [2.24, 2.45) is 11.8 Å². The molecule has 2 aliphatic rings. The molecular weight excluding hydrogens is 428 g/mol. The van der Waals surface area contributed by atoms with Crippen molar-refractivity contribution in [3.8, 4) is 5.69 Å². The van der Waals surface area contributed by atoms with Crippen LogP contribution in [0.3, 0.4) is 0 Å². The number of halogens is 1. The number of benzene rings is 2. The maximum Gasteiger partial charge on any atom is 0.298 e. The molecule has 8 nitrogen and oxygen atoms in total. The second-order valence-electron chi connectivity index (χ2n) is 8.53. The Balaban J connectivity index is 1.22. The van der Waals surface area contributed by atoms with Gasteiger partial charge in [0.1, 0.15) is 5.52 Å². The Morgan fingerprint density at radius 3 is 2.53 bits per heavy atom. The minimum atomic E-state index is 0.0255. The quantitative estimate of drug-likeness (QED) is 0.476. The molecular formula is C23H21ClN6O2. The van der Waals surface area contributed by atoms with E-state index in [1.807, 2.05) is 47.4 Å². The van der Waals surface area contributed by atoms with Crippen LogP contribution in [0.5, 0.6) is 0 Å². The molecule has 4 aromatic rings. The van der Waals surface area contributed by atoms with Crippen LogP contribution in [0.2, 0.25) is 5.02 Å². The van der Waals surface area contributed by atoms with Gasteiger partial charge >= 0.3 is 0 Å². The maximum absolute atomic E-state index is 13.4. The van der Waals surface area contributed by atoms with Crippen LogP contribution in [0.1, 0.15) is 16.8 Å². The number of rotatable bonds is 3. The van der Waals surface area contributed by atoms with E-state index in [1.54, 1.807) is 12.4 Å². The summed E-state index contributed by atoms with van der Waals surface area (Å²) in [5.74, 6) is 0.748. The van der Waals surface area contributed by atoms with Crippen LogP contribution in [0.25, 0.3) is 16.8 Å². The SMILES string of the molecule is O=C(c1ccccc1-n1nccn1)N1CC2CC(C1)CN(c1nc3cc(Cl)ccc3o1)C2. The van der Waals surface area contributed by atoms with E-state index in [0.29, 0.717) is 47.2 Å². The first-order valence-corrected chi connectivity index (χ1v) is 11.1. The fourth-order valence-electron chi connectivity index (χ4n) is 4.97. The molecule has 2 unspecified atom stereocenters. The lowest BCUT2D eigenvalue weighted by molar-refractivity contribution is 0.0561. The van der Waals surface area contributed by atoms with E-state index in [9.17, 15) is 4.79 Å². The molecule has 2 aromatic carbocycles. The van der Waals surface area contributed by atoms with Crippen LogP contribution >= 0.6 is 11.6 Å². The van der Waals surface area contributed by atoms with Crippen LogP contribution in [0.4, 0.5) is 6.01 Å². The molecule has 6 rings (SSSR count). The summed E-state index contributed by atoms with van der Waals surface area (Å²) in [4.78, 5) is 23.8. The highest BCUT2D eigenvalue weighted by atomic mass is 35.5. The largest absolute Gasteiger partial charge is 0.423 e. The van der Waals surface area contributed by atoms with Crippen LogP contribution in [0.15, 0.2) is 59.3 Å². The summed E-state index contributed by atoms with van der Waals surface area (Å²) >= 11 is 6.09. The first-order valence-electron chi connectivity index (χ1n) is 10.7. The molecule has 9 heteroatoms. The number of amides is 1. The molecule has 2 bridgehead atoms. The number of piperidine rings is 2. The normalized spacial score (nSPS) is 20.7. The number of carbonyl (C=O) groups is 1. The lowest BCUT2D eigenvalue weighted by Crippen LogP contribution is -2.54. The Morgan fingerprint density at radius 1 is 1.00 bits per heavy atom. The van der Waals surface area contributed by atoms with E-state index in [2.05, 4.69) is 20.1 Å². The van der Waals surface area contributed by atoms with Crippen LogP contribution in [0, 0.1) is 11.8 Å². The van der Waals surface area contributed by atoms with Crippen molar-refractivity contribution in [2.75, 3.05) is 31.1 Å². The third-order valence-electron chi connectivity index (χ3n) is 6.25. The first-order chi connectivity index (χ1) is 15.6. The van der Waals surface area contributed by atoms with E-state index in [-0.39, 0.29) is 5.91 Å². The number of anilines is 1. The van der Waals surface area contributed by atoms with Gasteiger partial charge in [-0.3, -0.25) is 4.79 Å². The summed E-state index contributed by atoms with van der Waals surface area (Å²) in [7, 11) is 0. The highest BCUT2D eigenvalue weighted by molar-refractivity contribution is 6.31. The van der Waals surface area contributed by atoms with Gasteiger partial charge in [0, 0.05) is 31.2 Å². The second kappa shape index (κ2) is 7.63. The molecule has 0 spiro atoms. The fraction of sp³-hybridized carbons (Fsp3) is 0.304. The highest BCUT2D eigenvalue weighted by Crippen LogP contribution is 2.34. The van der Waals surface area contributed by atoms with Gasteiger partial charge in [0.05, 0.1) is 23.6 Å². The Kier molecular flexibility index (Phi) is 4.61. The predicted octanol–water partition coefficient (Wildman–Crippen LogP) is 3.66. The van der Waals surface area contributed by atoms with Crippen molar-refractivity contribution in [3.05, 3.63) is 65.4 Å². The minimum absolute atomic E-state index is 0.0255. The monoisotopic (exact) mass is 448 g/mol. The standard InChI is InChI=1S/C23H21ClN6O2/c24-17-5-6-21-19(10-17)27-23(32-21)29-13-15-9-16(14-29)12-28(11-15)22(31)18-3-1-2-4-20(18)30-25-7-8-26-30/h1-8,10,15-16H,9,11-14H2. The number of nitrogens with zero attached hydrogens (tertiary/aromatic N) is 6. The zero-order chi connectivity index (χ0) is 21.7. The number of fused-ring (bicyclic) bond motifs is 3. The number of carbonyl (C=O) groups excluding carboxylic acids is 1. The molecule has 0 radical (unpaired) electrons. The molecule has 4 heterocycles. The Morgan fingerprint density at radius 2 is 1.75 bits per heavy atom. The van der Waals surface area contributed by atoms with Gasteiger partial charge in [0.2, 0.25) is 0 Å². The lowest BCUT2D eigenvalue weighted by Gasteiger charge is -2.45. The number of hydrogen-bond donors (Lipinski definition) is 0. The topological polar surface area (TPSA) is 80.3 Å². The molecule has 0 N–H and O–H groups in total. The molecule has 32 heavy (non-hydrogen) atoms. The van der Waals surface area contributed by atoms with Gasteiger partial charge in [0.15, 0.2) is 5.58 Å². The number of para-hydroxylation sites is 1. The van der Waals surface area contributed by atoms with Gasteiger partial charge in [-0.25, -0.2) is 0 Å². The third-order valence-corrected chi connectivity index (χ3v) is 6.48. The summed E-state index contributed by atoms with van der Waals surface area (Å²) in [5.41, 5.74) is 2.83. The van der Waals surface area contributed by atoms with Gasteiger partial charge in [-0.05, 0) is 48.6 Å². The van der Waals surface area contributed by atoms with E-state index < -0.39 is 0 Å². The van der Waals surface area contributed by atoms with E-state index in [0.717, 1.165) is 30.6 Å². The van der Waals surface area contributed by atoms with Crippen molar-refractivity contribution in [3.63, 3.8) is 0 Å². The maximum atomic E-state index is 13.4. The smallest absolute Gasteiger partial charge is 0.298 e. The third kappa shape index (κ3) is 3.40. The van der Waals surface area contributed by atoms with Crippen molar-refractivity contribution in [2.45, 2.75) is 6.42 Å². The van der Waals surface area contributed by atoms with Crippen molar-refractivity contribution in [1.29, 1.82) is 0 Å². The first kappa shape index (κ1) is 19.3. The number of oxazole rings is 1. The molecule has 2 aliphatic heterocycles. The van der Waals surface area contributed by atoms with Gasteiger partial charge in [-0.2, -0.15) is 20.0 Å². The fourth-order valence-corrected chi connectivity index (χ4v) is 5.13. The number of aromatic nitrogens is 4. The van der Waals surface area contributed by atoms with E-state index >= 15 is 0 Å². The molecule has 2 fully saturated rings. The lowest BCUT2D eigenvalue weighted by atomic mass is 9.84. The summed E-state index contributed by atoms with van der Waals surface area (Å²) in [6.07, 6.45) is 4.33. The molecule has 0 aliphatic carbocycles. The van der Waals surface area contributed by atoms with Gasteiger partial charge in [-0.15, -0.1) is 0 Å². The Bertz CT molecular complexity index is 1270. The minimum Gasteiger partial charge on any atom is -0.423 e. The van der Waals surface area contributed by atoms with Crippen molar-refractivity contribution in [1.82, 2.24) is 24.9 Å². The van der Waals surface area contributed by atoms with Crippen LogP contribution in [-0.4, -0.2) is 57.0 Å². The predicted molar refractivity (Wildman–Crippen MR) is 120 cm³/mol. The highest BCUT2D eigenvalue weighted by Gasteiger charge is 2.38. The summed E-state index contributed by atoms with van der Waals surface area (Å²) in [6, 6.07) is 13.6. The van der Waals surface area contributed by atoms with E-state index in [1.165, 1.54) is 4.80 Å². The average Bonchev–Trinajstić information content (AvgIpc) is 3.48. The average molecular weight is 449 g/mol. The van der Waals surface area contributed by atoms with Crippen molar-refractivity contribution >= 4 is 34.6 Å². The molecule has 2 saturated heterocycles. The summed E-state index contributed by atoms with van der Waals surface area (Å²) in [5, 5.41) is 9.05. The summed E-state index contributed by atoms with van der Waals surface area (Å²) in [6.45, 7) is 3.03. The van der Waals surface area contributed by atoms with Crippen LogP contribution < -0.4 is 4.90 Å². The molecule has 0 saturated carbocycles. The van der Waals surface area contributed by atoms with Gasteiger partial charge < -0.3 is 14.2 Å². The Labute approximate surface area is 189 Å². The number of hydrogen-bond acceptors (Lipinski definition) is 6. The zero-order valence-electron chi connectivity index (χ0n) is 17.3. The Hall–Kier alpha value is -3.39. The molecule has 2 aromatic heterocycles. The molecule has 1 amide bonds. The number of likely N-dealkylation sites (tertiary alicyclic amines) is 1. The van der Waals surface area contributed by atoms with Gasteiger partial charge in [0.25, 0.3) is 11.9 Å². The van der Waals surface area contributed by atoms with E-state index in [4.69, 9.17) is 16.0 Å².